The van der Waals surface area contributed by atoms with Gasteiger partial charge in [0.25, 0.3) is 0 Å². The topological polar surface area (TPSA) is 43.8 Å². The Labute approximate surface area is 81.0 Å². The molecule has 2 N–H and O–H groups in total. The van der Waals surface area contributed by atoms with Gasteiger partial charge < -0.3 is 5.73 Å². The van der Waals surface area contributed by atoms with Gasteiger partial charge in [0.2, 0.25) is 0 Å². The number of halogens is 1. The fourth-order valence-corrected chi connectivity index (χ4v) is 1.33. The van der Waals surface area contributed by atoms with E-state index in [2.05, 4.69) is 5.10 Å². The molecular formula is C10H10FN3. The predicted molar refractivity (Wildman–Crippen MR) is 51.4 cm³/mol. The van der Waals surface area contributed by atoms with Crippen LogP contribution < -0.4 is 5.73 Å². The fraction of sp³-hybridized carbons (Fsp3) is 0.100. The second-order valence-electron chi connectivity index (χ2n) is 2.93. The highest BCUT2D eigenvalue weighted by Gasteiger charge is 2.04. The SMILES string of the molecule is NCc1ccc(F)cc1-n1cccn1. The standard InChI is InChI=1S/C10H10FN3/c11-9-3-2-8(7-12)10(6-9)14-5-1-4-13-14/h1-6H,7,12H2. The van der Waals surface area contributed by atoms with Crippen LogP contribution in [0.4, 0.5) is 4.39 Å². The van der Waals surface area contributed by atoms with Gasteiger partial charge in [0, 0.05) is 18.9 Å². The molecule has 0 spiro atoms. The van der Waals surface area contributed by atoms with Crippen molar-refractivity contribution in [3.8, 4) is 5.69 Å². The number of hydrogen-bond donors (Lipinski definition) is 1. The van der Waals surface area contributed by atoms with Crippen LogP contribution in [0.15, 0.2) is 36.7 Å². The van der Waals surface area contributed by atoms with Gasteiger partial charge in [0.1, 0.15) is 5.82 Å². The molecule has 0 saturated heterocycles. The number of aromatic nitrogens is 2. The molecule has 72 valence electrons. The van der Waals surface area contributed by atoms with E-state index in [1.54, 1.807) is 29.2 Å². The lowest BCUT2D eigenvalue weighted by atomic mass is 10.2. The van der Waals surface area contributed by atoms with Gasteiger partial charge >= 0.3 is 0 Å². The summed E-state index contributed by atoms with van der Waals surface area (Å²) < 4.78 is 14.6. The average Bonchev–Trinajstić information content (AvgIpc) is 2.70. The summed E-state index contributed by atoms with van der Waals surface area (Å²) in [6, 6.07) is 6.28. The summed E-state index contributed by atoms with van der Waals surface area (Å²) in [7, 11) is 0. The Morgan fingerprint density at radius 2 is 2.29 bits per heavy atom. The first-order valence-corrected chi connectivity index (χ1v) is 4.30. The zero-order valence-corrected chi connectivity index (χ0v) is 7.52. The second-order valence-corrected chi connectivity index (χ2v) is 2.93. The number of hydrogen-bond acceptors (Lipinski definition) is 2. The molecule has 0 radical (unpaired) electrons. The third-order valence-electron chi connectivity index (χ3n) is 2.02. The van der Waals surface area contributed by atoms with E-state index in [9.17, 15) is 4.39 Å². The van der Waals surface area contributed by atoms with Gasteiger partial charge in [-0.15, -0.1) is 0 Å². The Balaban J connectivity index is 2.55. The van der Waals surface area contributed by atoms with E-state index in [-0.39, 0.29) is 5.82 Å². The van der Waals surface area contributed by atoms with E-state index in [0.717, 1.165) is 5.56 Å². The van der Waals surface area contributed by atoms with Gasteiger partial charge in [-0.05, 0) is 23.8 Å². The Kier molecular flexibility index (Phi) is 2.28. The van der Waals surface area contributed by atoms with Crippen LogP contribution in [0, 0.1) is 5.82 Å². The molecule has 4 heteroatoms. The van der Waals surface area contributed by atoms with Gasteiger partial charge in [-0.25, -0.2) is 9.07 Å². The summed E-state index contributed by atoms with van der Waals surface area (Å²) in [6.45, 7) is 0.371. The molecule has 0 unspecified atom stereocenters. The van der Waals surface area contributed by atoms with Crippen LogP contribution in [-0.4, -0.2) is 9.78 Å². The Morgan fingerprint density at radius 1 is 1.43 bits per heavy atom. The molecule has 0 atom stereocenters. The lowest BCUT2D eigenvalue weighted by molar-refractivity contribution is 0.624. The van der Waals surface area contributed by atoms with Crippen molar-refractivity contribution >= 4 is 0 Å². The molecule has 0 amide bonds. The first-order valence-electron chi connectivity index (χ1n) is 4.30. The molecule has 1 heterocycles. The van der Waals surface area contributed by atoms with Gasteiger partial charge in [-0.1, -0.05) is 6.07 Å². The van der Waals surface area contributed by atoms with Crippen molar-refractivity contribution in [1.29, 1.82) is 0 Å². The third-order valence-corrected chi connectivity index (χ3v) is 2.02. The van der Waals surface area contributed by atoms with Crippen molar-refractivity contribution in [2.45, 2.75) is 6.54 Å². The maximum atomic E-state index is 13.0. The monoisotopic (exact) mass is 191 g/mol. The summed E-state index contributed by atoms with van der Waals surface area (Å²) in [4.78, 5) is 0. The molecule has 0 saturated carbocycles. The number of nitrogens with zero attached hydrogens (tertiary/aromatic N) is 2. The van der Waals surface area contributed by atoms with Gasteiger partial charge in [0.05, 0.1) is 5.69 Å². The molecule has 14 heavy (non-hydrogen) atoms. The van der Waals surface area contributed by atoms with Crippen LogP contribution >= 0.6 is 0 Å². The molecule has 0 bridgehead atoms. The molecule has 1 aromatic carbocycles. The number of benzene rings is 1. The average molecular weight is 191 g/mol. The van der Waals surface area contributed by atoms with E-state index < -0.39 is 0 Å². The summed E-state index contributed by atoms with van der Waals surface area (Å²) in [5, 5.41) is 4.03. The minimum Gasteiger partial charge on any atom is -0.326 e. The molecule has 2 aromatic rings. The zero-order valence-electron chi connectivity index (χ0n) is 7.52. The van der Waals surface area contributed by atoms with Crippen LogP contribution in [-0.2, 0) is 6.54 Å². The first kappa shape index (κ1) is 8.90. The lowest BCUT2D eigenvalue weighted by Crippen LogP contribution is -2.05. The Morgan fingerprint density at radius 3 is 2.93 bits per heavy atom. The highest BCUT2D eigenvalue weighted by atomic mass is 19.1. The molecule has 3 nitrogen and oxygen atoms in total. The van der Waals surface area contributed by atoms with Crippen molar-refractivity contribution in [1.82, 2.24) is 9.78 Å². The molecule has 0 aliphatic heterocycles. The third kappa shape index (κ3) is 1.52. The quantitative estimate of drug-likeness (QED) is 0.781. The van der Waals surface area contributed by atoms with Crippen molar-refractivity contribution in [2.24, 2.45) is 5.73 Å². The summed E-state index contributed by atoms with van der Waals surface area (Å²) in [6.07, 6.45) is 3.40. The van der Waals surface area contributed by atoms with E-state index in [1.807, 2.05) is 0 Å². The second kappa shape index (κ2) is 3.59. The van der Waals surface area contributed by atoms with Crippen molar-refractivity contribution < 1.29 is 4.39 Å². The Hall–Kier alpha value is -1.68. The van der Waals surface area contributed by atoms with Gasteiger partial charge in [-0.3, -0.25) is 0 Å². The van der Waals surface area contributed by atoms with Crippen LogP contribution in [0.25, 0.3) is 5.69 Å². The highest BCUT2D eigenvalue weighted by Crippen LogP contribution is 2.14. The fourth-order valence-electron chi connectivity index (χ4n) is 1.33. The van der Waals surface area contributed by atoms with E-state index in [0.29, 0.717) is 12.2 Å². The van der Waals surface area contributed by atoms with Crippen LogP contribution in [0.3, 0.4) is 0 Å². The van der Waals surface area contributed by atoms with Crippen LogP contribution in [0.2, 0.25) is 0 Å². The number of nitrogens with two attached hydrogens (primary N) is 1. The lowest BCUT2D eigenvalue weighted by Gasteiger charge is -2.07. The summed E-state index contributed by atoms with van der Waals surface area (Å²) >= 11 is 0. The molecule has 1 aromatic heterocycles. The Bertz CT molecular complexity index is 423. The van der Waals surface area contributed by atoms with Crippen molar-refractivity contribution in [2.75, 3.05) is 0 Å². The van der Waals surface area contributed by atoms with Crippen LogP contribution in [0.1, 0.15) is 5.56 Å². The molecule has 2 rings (SSSR count). The summed E-state index contributed by atoms with van der Waals surface area (Å²) in [5.74, 6) is -0.285. The largest absolute Gasteiger partial charge is 0.326 e. The molecule has 0 fully saturated rings. The minimum absolute atomic E-state index is 0.285. The smallest absolute Gasteiger partial charge is 0.125 e. The normalized spacial score (nSPS) is 10.4. The van der Waals surface area contributed by atoms with E-state index in [4.69, 9.17) is 5.73 Å². The van der Waals surface area contributed by atoms with Gasteiger partial charge in [0.15, 0.2) is 0 Å². The van der Waals surface area contributed by atoms with Crippen molar-refractivity contribution in [3.05, 3.63) is 48.0 Å². The van der Waals surface area contributed by atoms with E-state index >= 15 is 0 Å². The summed E-state index contributed by atoms with van der Waals surface area (Å²) in [5.41, 5.74) is 7.11. The zero-order chi connectivity index (χ0) is 9.97. The van der Waals surface area contributed by atoms with E-state index in [1.165, 1.54) is 12.1 Å². The number of rotatable bonds is 2. The molecule has 0 aliphatic carbocycles. The minimum atomic E-state index is -0.285. The highest BCUT2D eigenvalue weighted by molar-refractivity contribution is 5.40. The van der Waals surface area contributed by atoms with Crippen molar-refractivity contribution in [3.63, 3.8) is 0 Å². The maximum Gasteiger partial charge on any atom is 0.125 e. The predicted octanol–water partition coefficient (Wildman–Crippen LogP) is 1.47. The maximum absolute atomic E-state index is 13.0. The first-order chi connectivity index (χ1) is 6.81. The van der Waals surface area contributed by atoms with Crippen LogP contribution in [0.5, 0.6) is 0 Å². The van der Waals surface area contributed by atoms with Gasteiger partial charge in [-0.2, -0.15) is 5.10 Å². The molecular weight excluding hydrogens is 181 g/mol. The molecule has 0 aliphatic rings.